The van der Waals surface area contributed by atoms with E-state index < -0.39 is 20.2 Å². The second-order valence-corrected chi connectivity index (χ2v) is 17.6. The van der Waals surface area contributed by atoms with Crippen LogP contribution in [0.5, 0.6) is 34.5 Å². The van der Waals surface area contributed by atoms with Gasteiger partial charge in [-0.3, -0.25) is 4.55 Å². The van der Waals surface area contributed by atoms with Crippen molar-refractivity contribution >= 4 is 58.0 Å². The first-order valence-electron chi connectivity index (χ1n) is 20.9. The Morgan fingerprint density at radius 2 is 0.881 bits per heavy atom. The zero-order chi connectivity index (χ0) is 42.2. The average Bonchev–Trinajstić information content (AvgIpc) is 3.19. The van der Waals surface area contributed by atoms with Gasteiger partial charge in [0, 0.05) is 0 Å². The molecule has 320 valence electrons. The standard InChI is InChI=1S/2C23H32O5S.Ca/c2*1-2-3-4-5-6-7-8-9-10-11-19-12-17-22(24)23(18-19)28-20-13-15-21(16-14-20)29(25,26)27;/h2*12-18,24H,2-11H2,1H3,(H,25,26,27);/q;;+2/p-2. The summed E-state index contributed by atoms with van der Waals surface area (Å²) < 4.78 is 75.5. The van der Waals surface area contributed by atoms with Crippen LogP contribution in [0.15, 0.2) is 94.7 Å². The molecule has 0 aromatic heterocycles. The summed E-state index contributed by atoms with van der Waals surface area (Å²) >= 11 is 0. The van der Waals surface area contributed by atoms with Gasteiger partial charge in [0.15, 0.2) is 11.5 Å². The fourth-order valence-electron chi connectivity index (χ4n) is 6.47. The second kappa shape index (κ2) is 28.6. The summed E-state index contributed by atoms with van der Waals surface area (Å²) in [6.45, 7) is 4.46. The first-order valence-corrected chi connectivity index (χ1v) is 23.8. The number of phenolic OH excluding ortho intramolecular Hbond substituents is 1. The molecule has 0 unspecified atom stereocenters. The zero-order valence-corrected chi connectivity index (χ0v) is 38.8. The smallest absolute Gasteiger partial charge is 0.870 e. The van der Waals surface area contributed by atoms with Gasteiger partial charge in [0.25, 0.3) is 10.1 Å². The molecule has 0 saturated heterocycles. The van der Waals surface area contributed by atoms with Crippen molar-refractivity contribution in [2.75, 3.05) is 0 Å². The molecule has 0 bridgehead atoms. The SMILES string of the molecule is CCCCCCCCCCCc1ccc(O)c(Oc2ccc(S(=O)(=O)O)cc2)c1.CCCCCCCCCCCc1ccc([O-])c(Oc2ccc(S(=O)(=O)[O-])cc2)c1.[Ca+2]. The first kappa shape index (κ1) is 52.3. The molecular formula is C46H62CaO10S2. The maximum atomic E-state index is 12.1. The molecule has 4 aromatic rings. The summed E-state index contributed by atoms with van der Waals surface area (Å²) in [7, 11) is -8.73. The van der Waals surface area contributed by atoms with Gasteiger partial charge in [-0.1, -0.05) is 141 Å². The van der Waals surface area contributed by atoms with E-state index in [1.54, 1.807) is 12.1 Å². The molecule has 10 nitrogen and oxygen atoms in total. The predicted molar refractivity (Wildman–Crippen MR) is 232 cm³/mol. The van der Waals surface area contributed by atoms with E-state index in [-0.39, 0.29) is 64.8 Å². The van der Waals surface area contributed by atoms with E-state index in [2.05, 4.69) is 13.8 Å². The Bertz CT molecular complexity index is 1840. The fraction of sp³-hybridized carbons (Fsp3) is 0.478. The molecule has 4 aromatic carbocycles. The summed E-state index contributed by atoms with van der Waals surface area (Å²) in [5.74, 6) is 1.03. The summed E-state index contributed by atoms with van der Waals surface area (Å²) in [5, 5.41) is 22.1. The van der Waals surface area contributed by atoms with Crippen molar-refractivity contribution < 1.29 is 45.6 Å². The fourth-order valence-corrected chi connectivity index (χ4v) is 7.42. The van der Waals surface area contributed by atoms with Crippen LogP contribution in [0, 0.1) is 0 Å². The normalized spacial score (nSPS) is 11.3. The van der Waals surface area contributed by atoms with Crippen LogP contribution in [-0.4, -0.2) is 68.8 Å². The monoisotopic (exact) mass is 878 g/mol. The Kier molecular flexibility index (Phi) is 25.4. The number of hydrogen-bond acceptors (Lipinski definition) is 9. The molecule has 13 heteroatoms. The van der Waals surface area contributed by atoms with E-state index >= 15 is 0 Å². The van der Waals surface area contributed by atoms with Crippen molar-refractivity contribution in [1.29, 1.82) is 0 Å². The van der Waals surface area contributed by atoms with Gasteiger partial charge >= 0.3 is 37.7 Å². The molecule has 0 aliphatic rings. The van der Waals surface area contributed by atoms with Crippen molar-refractivity contribution in [2.45, 2.75) is 152 Å². The first-order chi connectivity index (χ1) is 27.8. The molecule has 0 fully saturated rings. The quantitative estimate of drug-likeness (QED) is 0.0351. The third-order valence-corrected chi connectivity index (χ3v) is 11.6. The van der Waals surface area contributed by atoms with E-state index in [9.17, 15) is 31.6 Å². The van der Waals surface area contributed by atoms with Crippen molar-refractivity contribution in [3.8, 4) is 34.5 Å². The van der Waals surface area contributed by atoms with Gasteiger partial charge in [-0.05, 0) is 104 Å². The van der Waals surface area contributed by atoms with Crippen LogP contribution in [0.1, 0.15) is 141 Å². The van der Waals surface area contributed by atoms with Crippen LogP contribution < -0.4 is 14.6 Å². The van der Waals surface area contributed by atoms with Gasteiger partial charge in [-0.15, -0.1) is 0 Å². The summed E-state index contributed by atoms with van der Waals surface area (Å²) in [6.07, 6.45) is 24.7. The summed E-state index contributed by atoms with van der Waals surface area (Å²) in [5.41, 5.74) is 2.14. The van der Waals surface area contributed by atoms with Gasteiger partial charge in [-0.25, -0.2) is 8.42 Å². The molecule has 0 amide bonds. The van der Waals surface area contributed by atoms with Gasteiger partial charge in [0.2, 0.25) is 0 Å². The number of unbranched alkanes of at least 4 members (excludes halogenated alkanes) is 16. The Morgan fingerprint density at radius 3 is 1.31 bits per heavy atom. The van der Waals surface area contributed by atoms with Crippen LogP contribution in [0.2, 0.25) is 0 Å². The molecule has 0 atom stereocenters. The summed E-state index contributed by atoms with van der Waals surface area (Å²) in [6, 6.07) is 20.9. The van der Waals surface area contributed by atoms with Crippen LogP contribution in [-0.2, 0) is 33.1 Å². The molecular weight excluding hydrogens is 817 g/mol. The Hall–Kier alpha value is -2.84. The maximum absolute atomic E-state index is 12.1. The summed E-state index contributed by atoms with van der Waals surface area (Å²) in [4.78, 5) is -0.528. The molecule has 0 saturated carbocycles. The number of rotatable bonds is 26. The van der Waals surface area contributed by atoms with E-state index in [4.69, 9.17) is 14.0 Å². The minimum Gasteiger partial charge on any atom is -0.870 e. The van der Waals surface area contributed by atoms with Crippen molar-refractivity contribution in [1.82, 2.24) is 0 Å². The molecule has 0 aliphatic carbocycles. The third-order valence-electron chi connectivity index (χ3n) is 9.86. The molecule has 0 aliphatic heterocycles. The largest absolute Gasteiger partial charge is 2.00 e. The molecule has 2 N–H and O–H groups in total. The van der Waals surface area contributed by atoms with Gasteiger partial charge in [0.05, 0.1) is 9.79 Å². The maximum Gasteiger partial charge on any atom is 2.00 e. The molecule has 0 heterocycles. The number of phenols is 1. The van der Waals surface area contributed by atoms with Crippen LogP contribution in [0.4, 0.5) is 0 Å². The van der Waals surface area contributed by atoms with Crippen LogP contribution in [0.3, 0.4) is 0 Å². The van der Waals surface area contributed by atoms with Crippen molar-refractivity contribution in [2.24, 2.45) is 0 Å². The van der Waals surface area contributed by atoms with E-state index in [0.29, 0.717) is 17.2 Å². The van der Waals surface area contributed by atoms with Gasteiger partial charge in [-0.2, -0.15) is 8.42 Å². The van der Waals surface area contributed by atoms with E-state index in [0.717, 1.165) is 36.8 Å². The van der Waals surface area contributed by atoms with Crippen LogP contribution >= 0.6 is 0 Å². The Balaban J connectivity index is 0.000000400. The Morgan fingerprint density at radius 1 is 0.508 bits per heavy atom. The number of aromatic hydroxyl groups is 1. The molecule has 0 radical (unpaired) electrons. The minimum atomic E-state index is -4.50. The number of hydrogen-bond donors (Lipinski definition) is 2. The van der Waals surface area contributed by atoms with E-state index in [1.165, 1.54) is 157 Å². The molecule has 59 heavy (non-hydrogen) atoms. The third kappa shape index (κ3) is 21.5. The van der Waals surface area contributed by atoms with Gasteiger partial charge in [0.1, 0.15) is 27.4 Å². The second-order valence-electron chi connectivity index (χ2n) is 14.8. The topological polar surface area (TPSA) is 173 Å². The zero-order valence-electron chi connectivity index (χ0n) is 34.9. The van der Waals surface area contributed by atoms with Gasteiger partial charge < -0.3 is 24.2 Å². The number of ether oxygens (including phenoxy) is 2. The van der Waals surface area contributed by atoms with E-state index in [1.807, 2.05) is 18.2 Å². The Labute approximate surface area is 383 Å². The molecule has 0 spiro atoms. The molecule has 4 rings (SSSR count). The van der Waals surface area contributed by atoms with Crippen LogP contribution in [0.25, 0.3) is 0 Å². The average molecular weight is 879 g/mol. The predicted octanol–water partition coefficient (Wildman–Crippen LogP) is 11.7. The number of aryl methyl sites for hydroxylation is 2. The van der Waals surface area contributed by atoms with Crippen molar-refractivity contribution in [3.63, 3.8) is 0 Å². The van der Waals surface area contributed by atoms with Crippen molar-refractivity contribution in [3.05, 3.63) is 96.1 Å². The minimum absolute atomic E-state index is 0. The number of benzene rings is 4.